The molecule has 4 saturated heterocycles. The van der Waals surface area contributed by atoms with Crippen molar-refractivity contribution < 1.29 is 23.5 Å². The van der Waals surface area contributed by atoms with Gasteiger partial charge in [-0.3, -0.25) is 19.6 Å². The van der Waals surface area contributed by atoms with E-state index in [0.717, 1.165) is 58.2 Å². The number of hydrogen-bond donors (Lipinski definition) is 3. The molecular weight excluding hydrogens is 505 g/mol. The van der Waals surface area contributed by atoms with Crippen molar-refractivity contribution in [3.05, 3.63) is 29.8 Å². The zero-order valence-corrected chi connectivity index (χ0v) is 22.0. The van der Waals surface area contributed by atoms with E-state index in [2.05, 4.69) is 30.7 Å². The number of H-pyrrole nitrogens is 1. The summed E-state index contributed by atoms with van der Waals surface area (Å²) < 4.78 is 25.3. The minimum absolute atomic E-state index is 0.00856. The third kappa shape index (κ3) is 4.20. The molecule has 1 aliphatic carbocycles. The zero-order valence-electron chi connectivity index (χ0n) is 22.0. The molecule has 5 fully saturated rings. The van der Waals surface area contributed by atoms with E-state index in [0.29, 0.717) is 36.8 Å². The number of pyridine rings is 1. The van der Waals surface area contributed by atoms with E-state index in [1.54, 1.807) is 6.07 Å². The van der Waals surface area contributed by atoms with Gasteiger partial charge in [0.1, 0.15) is 11.3 Å². The van der Waals surface area contributed by atoms with Crippen LogP contribution in [0.3, 0.4) is 0 Å². The molecule has 3 N–H and O–H groups in total. The first-order valence-corrected chi connectivity index (χ1v) is 13.9. The first kappa shape index (κ1) is 24.9. The van der Waals surface area contributed by atoms with Crippen molar-refractivity contribution in [3.8, 4) is 17.1 Å². The lowest BCUT2D eigenvalue weighted by Crippen LogP contribution is -2.78. The Labute approximate surface area is 225 Å². The molecule has 2 aromatic rings. The highest BCUT2D eigenvalue weighted by molar-refractivity contribution is 5.94. The Morgan fingerprint density at radius 3 is 2.77 bits per heavy atom. The van der Waals surface area contributed by atoms with Crippen molar-refractivity contribution in [2.24, 2.45) is 5.92 Å². The summed E-state index contributed by atoms with van der Waals surface area (Å²) in [5, 5.41) is 13.6. The Bertz CT molecular complexity index is 1290. The number of carbonyl (C=O) groups excluding carboxylic acids is 2. The Kier molecular flexibility index (Phi) is 5.90. The molecule has 6 heterocycles. The smallest absolute Gasteiger partial charge is 0.272 e. The van der Waals surface area contributed by atoms with Crippen LogP contribution in [0.15, 0.2) is 18.3 Å². The summed E-state index contributed by atoms with van der Waals surface area (Å²) in [6.07, 6.45) is 5.10. The number of methoxy groups -OCH3 is 1. The monoisotopic (exact) mass is 539 g/mol. The van der Waals surface area contributed by atoms with Crippen LogP contribution in [0.5, 0.6) is 5.88 Å². The first-order valence-electron chi connectivity index (χ1n) is 13.9. The number of ether oxygens (including phenoxy) is 2. The average molecular weight is 540 g/mol. The number of aromatic nitrogens is 3. The van der Waals surface area contributed by atoms with Crippen LogP contribution in [0.25, 0.3) is 11.3 Å². The molecule has 3 atom stereocenters. The van der Waals surface area contributed by atoms with Crippen LogP contribution in [0.1, 0.15) is 42.6 Å². The topological polar surface area (TPSA) is 125 Å². The normalized spacial score (nSPS) is 28.7. The molecule has 4 aliphatic heterocycles. The number of rotatable bonds is 6. The lowest BCUT2D eigenvalue weighted by molar-refractivity contribution is -0.232. The fourth-order valence-corrected chi connectivity index (χ4v) is 6.84. The Morgan fingerprint density at radius 2 is 2.08 bits per heavy atom. The van der Waals surface area contributed by atoms with E-state index in [1.807, 2.05) is 4.90 Å². The molecule has 1 saturated carbocycles. The molecule has 0 bridgehead atoms. The maximum atomic E-state index is 14.4. The van der Waals surface area contributed by atoms with Gasteiger partial charge in [0.25, 0.3) is 5.91 Å². The van der Waals surface area contributed by atoms with Gasteiger partial charge < -0.3 is 25.0 Å². The Balaban J connectivity index is 0.968. The van der Waals surface area contributed by atoms with Gasteiger partial charge in [0.2, 0.25) is 11.8 Å². The highest BCUT2D eigenvalue weighted by Crippen LogP contribution is 2.50. The fourth-order valence-electron chi connectivity index (χ4n) is 6.84. The van der Waals surface area contributed by atoms with Gasteiger partial charge in [-0.1, -0.05) is 0 Å². The second-order valence-electron chi connectivity index (χ2n) is 11.7. The van der Waals surface area contributed by atoms with E-state index in [9.17, 15) is 14.0 Å². The highest BCUT2D eigenvalue weighted by Gasteiger charge is 2.57. The van der Waals surface area contributed by atoms with Crippen molar-refractivity contribution in [2.45, 2.75) is 55.3 Å². The highest BCUT2D eigenvalue weighted by atomic mass is 19.1. The standard InChI is InChI=1S/C27H34FN7O4/c1-38-23-8-18(19(28)11-30-23)20-9-21(33-32-20)25(37)35-7-2-16(10-26(35)4-5-26)24(36)31-17-3-6-34(12-17)22-13-39-27(22)14-29-15-27/h8-9,11,16-17,22,29H,2-7,10,12-15H2,1H3,(H,31,36)(H,32,33)/t16?,17-,22+/m1/s1. The van der Waals surface area contributed by atoms with Crippen LogP contribution in [0, 0.1) is 11.7 Å². The average Bonchev–Trinajstić information content (AvgIpc) is 3.26. The fraction of sp³-hybridized carbons (Fsp3) is 0.630. The molecule has 0 aromatic carbocycles. The van der Waals surface area contributed by atoms with E-state index < -0.39 is 5.82 Å². The van der Waals surface area contributed by atoms with Crippen LogP contribution in [0.4, 0.5) is 4.39 Å². The van der Waals surface area contributed by atoms with E-state index in [4.69, 9.17) is 9.47 Å². The molecule has 7 rings (SSSR count). The maximum absolute atomic E-state index is 14.4. The number of aromatic amines is 1. The zero-order chi connectivity index (χ0) is 26.8. The number of carbonyl (C=O) groups is 2. The molecule has 12 heteroatoms. The molecule has 208 valence electrons. The number of nitrogens with zero attached hydrogens (tertiary/aromatic N) is 4. The van der Waals surface area contributed by atoms with Crippen LogP contribution in [-0.4, -0.2) is 106 Å². The van der Waals surface area contributed by atoms with E-state index >= 15 is 0 Å². The van der Waals surface area contributed by atoms with E-state index in [1.165, 1.54) is 13.2 Å². The quantitative estimate of drug-likeness (QED) is 0.496. The Hall–Kier alpha value is -3.09. The number of amides is 2. The number of piperidine rings is 1. The van der Waals surface area contributed by atoms with E-state index in [-0.39, 0.29) is 46.4 Å². The molecule has 2 aromatic heterocycles. The summed E-state index contributed by atoms with van der Waals surface area (Å²) in [5.74, 6) is -0.439. The van der Waals surface area contributed by atoms with Gasteiger partial charge in [0.15, 0.2) is 5.82 Å². The van der Waals surface area contributed by atoms with Crippen LogP contribution < -0.4 is 15.4 Å². The summed E-state index contributed by atoms with van der Waals surface area (Å²) >= 11 is 0. The van der Waals surface area contributed by atoms with Crippen molar-refractivity contribution in [2.75, 3.05) is 46.4 Å². The van der Waals surface area contributed by atoms with Crippen molar-refractivity contribution in [3.63, 3.8) is 0 Å². The minimum atomic E-state index is -0.544. The molecule has 5 aliphatic rings. The molecule has 2 amide bonds. The number of likely N-dealkylation sites (tertiary alicyclic amines) is 2. The maximum Gasteiger partial charge on any atom is 0.272 e. The van der Waals surface area contributed by atoms with Crippen molar-refractivity contribution >= 4 is 11.8 Å². The Morgan fingerprint density at radius 1 is 1.23 bits per heavy atom. The van der Waals surface area contributed by atoms with Gasteiger partial charge in [-0.05, 0) is 38.2 Å². The molecule has 2 spiro atoms. The summed E-state index contributed by atoms with van der Waals surface area (Å²) in [4.78, 5) is 35.0. The number of nitrogens with one attached hydrogen (secondary N) is 3. The molecule has 39 heavy (non-hydrogen) atoms. The van der Waals surface area contributed by atoms with Gasteiger partial charge >= 0.3 is 0 Å². The minimum Gasteiger partial charge on any atom is -0.481 e. The first-order chi connectivity index (χ1) is 18.9. The van der Waals surface area contributed by atoms with Gasteiger partial charge in [0, 0.05) is 61.9 Å². The number of hydrogen-bond acceptors (Lipinski definition) is 8. The van der Waals surface area contributed by atoms with Gasteiger partial charge in [0.05, 0.1) is 31.6 Å². The third-order valence-electron chi connectivity index (χ3n) is 9.46. The van der Waals surface area contributed by atoms with Gasteiger partial charge in [-0.25, -0.2) is 9.37 Å². The van der Waals surface area contributed by atoms with Crippen LogP contribution in [0.2, 0.25) is 0 Å². The summed E-state index contributed by atoms with van der Waals surface area (Å²) in [5.41, 5.74) is 0.533. The van der Waals surface area contributed by atoms with Gasteiger partial charge in [-0.2, -0.15) is 5.10 Å². The predicted molar refractivity (Wildman–Crippen MR) is 138 cm³/mol. The van der Waals surface area contributed by atoms with Crippen LogP contribution in [-0.2, 0) is 9.53 Å². The van der Waals surface area contributed by atoms with Gasteiger partial charge in [-0.15, -0.1) is 0 Å². The molecule has 1 unspecified atom stereocenters. The summed E-state index contributed by atoms with van der Waals surface area (Å²) in [6.45, 7) is 4.98. The second kappa shape index (κ2) is 9.24. The molecule has 0 radical (unpaired) electrons. The van der Waals surface area contributed by atoms with Crippen LogP contribution >= 0.6 is 0 Å². The predicted octanol–water partition coefficient (Wildman–Crippen LogP) is 0.936. The molecule has 11 nitrogen and oxygen atoms in total. The lowest BCUT2D eigenvalue weighted by Gasteiger charge is -2.58. The summed E-state index contributed by atoms with van der Waals surface area (Å²) in [6, 6.07) is 3.63. The largest absolute Gasteiger partial charge is 0.481 e. The summed E-state index contributed by atoms with van der Waals surface area (Å²) in [7, 11) is 1.46. The third-order valence-corrected chi connectivity index (χ3v) is 9.46. The SMILES string of the molecule is COc1cc(-c2cc(C(=O)N3CCC(C(=O)N[C@@H]4CCN([C@H]5COC56CNC6)C4)CC34CC4)[nH]n2)c(F)cn1. The van der Waals surface area contributed by atoms with Crippen molar-refractivity contribution in [1.29, 1.82) is 0 Å². The molecular formula is C27H34FN7O4. The second-order valence-corrected chi connectivity index (χ2v) is 11.7. The van der Waals surface area contributed by atoms with Crippen molar-refractivity contribution in [1.82, 2.24) is 35.6 Å². The number of halogens is 1. The lowest BCUT2D eigenvalue weighted by atomic mass is 9.82.